The van der Waals surface area contributed by atoms with E-state index in [9.17, 15) is 4.39 Å². The second-order valence-corrected chi connectivity index (χ2v) is 5.53. The van der Waals surface area contributed by atoms with Gasteiger partial charge in [-0.15, -0.1) is 0 Å². The lowest BCUT2D eigenvalue weighted by atomic mass is 10.1. The Kier molecular flexibility index (Phi) is 5.20. The average molecular weight is 286 g/mol. The molecule has 21 heavy (non-hydrogen) atoms. The molecule has 112 valence electrons. The third-order valence-electron chi connectivity index (χ3n) is 3.69. The molecule has 2 aromatic rings. The van der Waals surface area contributed by atoms with Crippen LogP contribution in [-0.4, -0.2) is 19.6 Å². The van der Waals surface area contributed by atoms with Gasteiger partial charge in [-0.1, -0.05) is 30.3 Å². The molecule has 0 saturated heterocycles. The first-order valence-electron chi connectivity index (χ1n) is 7.38. The zero-order valence-corrected chi connectivity index (χ0v) is 12.9. The SMILES string of the molecule is CC(C)N(C)c1ccc(NCCc2ccccc2)cc1F. The molecule has 0 radical (unpaired) electrons. The largest absolute Gasteiger partial charge is 0.385 e. The molecular weight excluding hydrogens is 263 g/mol. The average Bonchev–Trinajstić information content (AvgIpc) is 2.48. The molecule has 1 N–H and O–H groups in total. The summed E-state index contributed by atoms with van der Waals surface area (Å²) in [6.07, 6.45) is 0.927. The maximum Gasteiger partial charge on any atom is 0.148 e. The van der Waals surface area contributed by atoms with Gasteiger partial charge in [0.1, 0.15) is 5.82 Å². The highest BCUT2D eigenvalue weighted by Crippen LogP contribution is 2.23. The topological polar surface area (TPSA) is 15.3 Å². The first-order valence-corrected chi connectivity index (χ1v) is 7.38. The summed E-state index contributed by atoms with van der Waals surface area (Å²) in [7, 11) is 1.91. The zero-order chi connectivity index (χ0) is 15.2. The third-order valence-corrected chi connectivity index (χ3v) is 3.69. The van der Waals surface area contributed by atoms with Crippen LogP contribution in [0, 0.1) is 5.82 Å². The Hall–Kier alpha value is -2.03. The summed E-state index contributed by atoms with van der Waals surface area (Å²) in [6.45, 7) is 4.89. The van der Waals surface area contributed by atoms with Crippen LogP contribution in [0.2, 0.25) is 0 Å². The normalized spacial score (nSPS) is 10.7. The second kappa shape index (κ2) is 7.11. The molecule has 2 rings (SSSR count). The molecule has 0 aliphatic rings. The molecule has 0 spiro atoms. The highest BCUT2D eigenvalue weighted by atomic mass is 19.1. The van der Waals surface area contributed by atoms with Crippen molar-refractivity contribution < 1.29 is 4.39 Å². The third kappa shape index (κ3) is 4.22. The molecule has 0 aliphatic carbocycles. The maximum atomic E-state index is 14.1. The van der Waals surface area contributed by atoms with E-state index >= 15 is 0 Å². The van der Waals surface area contributed by atoms with E-state index in [0.717, 1.165) is 18.7 Å². The van der Waals surface area contributed by atoms with Crippen molar-refractivity contribution in [2.24, 2.45) is 0 Å². The van der Waals surface area contributed by atoms with Crippen LogP contribution in [-0.2, 0) is 6.42 Å². The Morgan fingerprint density at radius 1 is 1.10 bits per heavy atom. The van der Waals surface area contributed by atoms with E-state index in [2.05, 4.69) is 17.4 Å². The number of anilines is 2. The van der Waals surface area contributed by atoms with E-state index < -0.39 is 0 Å². The van der Waals surface area contributed by atoms with E-state index in [0.29, 0.717) is 5.69 Å². The van der Waals surface area contributed by atoms with Crippen LogP contribution < -0.4 is 10.2 Å². The Balaban J connectivity index is 1.94. The molecule has 0 amide bonds. The van der Waals surface area contributed by atoms with Crippen LogP contribution in [0.5, 0.6) is 0 Å². The van der Waals surface area contributed by atoms with Crippen molar-refractivity contribution in [3.05, 3.63) is 59.9 Å². The molecule has 0 unspecified atom stereocenters. The highest BCUT2D eigenvalue weighted by molar-refractivity contribution is 5.56. The monoisotopic (exact) mass is 286 g/mol. The first kappa shape index (κ1) is 15.4. The summed E-state index contributed by atoms with van der Waals surface area (Å²) < 4.78 is 14.1. The minimum absolute atomic E-state index is 0.184. The summed E-state index contributed by atoms with van der Waals surface area (Å²) in [6, 6.07) is 15.9. The smallest absolute Gasteiger partial charge is 0.148 e. The van der Waals surface area contributed by atoms with Crippen molar-refractivity contribution in [3.63, 3.8) is 0 Å². The standard InChI is InChI=1S/C18H23FN2/c1-14(2)21(3)18-10-9-16(13-17(18)19)20-12-11-15-7-5-4-6-8-15/h4-10,13-14,20H,11-12H2,1-3H3. The number of hydrogen-bond donors (Lipinski definition) is 1. The molecule has 0 heterocycles. The zero-order valence-electron chi connectivity index (χ0n) is 12.9. The summed E-state index contributed by atoms with van der Waals surface area (Å²) >= 11 is 0. The molecular formula is C18H23FN2. The van der Waals surface area contributed by atoms with Gasteiger partial charge in [0.2, 0.25) is 0 Å². The number of benzene rings is 2. The highest BCUT2D eigenvalue weighted by Gasteiger charge is 2.10. The Labute approximate surface area is 126 Å². The molecule has 0 atom stereocenters. The van der Waals surface area contributed by atoms with Crippen molar-refractivity contribution in [2.45, 2.75) is 26.3 Å². The van der Waals surface area contributed by atoms with Crippen molar-refractivity contribution in [3.8, 4) is 0 Å². The molecule has 2 aromatic carbocycles. The minimum atomic E-state index is -0.184. The van der Waals surface area contributed by atoms with Crippen LogP contribution in [0.25, 0.3) is 0 Å². The van der Waals surface area contributed by atoms with Crippen LogP contribution in [0.3, 0.4) is 0 Å². The molecule has 0 bridgehead atoms. The summed E-state index contributed by atoms with van der Waals surface area (Å²) in [4.78, 5) is 1.93. The fourth-order valence-electron chi connectivity index (χ4n) is 2.18. The molecule has 0 fully saturated rings. The van der Waals surface area contributed by atoms with Gasteiger partial charge in [-0.2, -0.15) is 0 Å². The number of rotatable bonds is 6. The number of halogens is 1. The van der Waals surface area contributed by atoms with Crippen molar-refractivity contribution in [1.29, 1.82) is 0 Å². The van der Waals surface area contributed by atoms with Crippen molar-refractivity contribution >= 4 is 11.4 Å². The first-order chi connectivity index (χ1) is 10.1. The van der Waals surface area contributed by atoms with E-state index in [1.807, 2.05) is 56.1 Å². The van der Waals surface area contributed by atoms with Crippen LogP contribution in [0.4, 0.5) is 15.8 Å². The van der Waals surface area contributed by atoms with Gasteiger partial charge in [0.05, 0.1) is 5.69 Å². The van der Waals surface area contributed by atoms with Gasteiger partial charge in [0.25, 0.3) is 0 Å². The molecule has 0 aromatic heterocycles. The lowest BCUT2D eigenvalue weighted by Gasteiger charge is -2.24. The Morgan fingerprint density at radius 2 is 1.81 bits per heavy atom. The van der Waals surface area contributed by atoms with E-state index in [1.165, 1.54) is 5.56 Å². The van der Waals surface area contributed by atoms with Crippen molar-refractivity contribution in [2.75, 3.05) is 23.8 Å². The second-order valence-electron chi connectivity index (χ2n) is 5.53. The Morgan fingerprint density at radius 3 is 2.43 bits per heavy atom. The lowest BCUT2D eigenvalue weighted by molar-refractivity contribution is 0.614. The minimum Gasteiger partial charge on any atom is -0.385 e. The Bertz CT molecular complexity index is 567. The summed E-state index contributed by atoms with van der Waals surface area (Å²) in [5.41, 5.74) is 2.74. The number of hydrogen-bond acceptors (Lipinski definition) is 2. The number of nitrogens with zero attached hydrogens (tertiary/aromatic N) is 1. The van der Waals surface area contributed by atoms with Gasteiger partial charge in [0.15, 0.2) is 0 Å². The van der Waals surface area contributed by atoms with Gasteiger partial charge in [-0.3, -0.25) is 0 Å². The molecule has 3 heteroatoms. The van der Waals surface area contributed by atoms with Gasteiger partial charge in [0, 0.05) is 25.3 Å². The van der Waals surface area contributed by atoms with Gasteiger partial charge < -0.3 is 10.2 Å². The maximum absolute atomic E-state index is 14.1. The summed E-state index contributed by atoms with van der Waals surface area (Å²) in [5, 5.41) is 3.27. The summed E-state index contributed by atoms with van der Waals surface area (Å²) in [5.74, 6) is -0.184. The van der Waals surface area contributed by atoms with Crippen LogP contribution in [0.15, 0.2) is 48.5 Å². The number of nitrogens with one attached hydrogen (secondary N) is 1. The van der Waals surface area contributed by atoms with Gasteiger partial charge >= 0.3 is 0 Å². The van der Waals surface area contributed by atoms with Gasteiger partial charge in [-0.05, 0) is 44.0 Å². The molecule has 2 nitrogen and oxygen atoms in total. The van der Waals surface area contributed by atoms with E-state index in [-0.39, 0.29) is 11.9 Å². The predicted molar refractivity (Wildman–Crippen MR) is 88.6 cm³/mol. The van der Waals surface area contributed by atoms with E-state index in [1.54, 1.807) is 6.07 Å². The van der Waals surface area contributed by atoms with Gasteiger partial charge in [-0.25, -0.2) is 4.39 Å². The van der Waals surface area contributed by atoms with Crippen LogP contribution in [0.1, 0.15) is 19.4 Å². The fraction of sp³-hybridized carbons (Fsp3) is 0.333. The van der Waals surface area contributed by atoms with E-state index in [4.69, 9.17) is 0 Å². The van der Waals surface area contributed by atoms with Crippen molar-refractivity contribution in [1.82, 2.24) is 0 Å². The predicted octanol–water partition coefficient (Wildman–Crippen LogP) is 4.32. The quantitative estimate of drug-likeness (QED) is 0.850. The van der Waals surface area contributed by atoms with Crippen LogP contribution >= 0.6 is 0 Å². The lowest BCUT2D eigenvalue weighted by Crippen LogP contribution is -2.26. The molecule has 0 aliphatic heterocycles. The molecule has 0 saturated carbocycles. The fourth-order valence-corrected chi connectivity index (χ4v) is 2.18.